The summed E-state index contributed by atoms with van der Waals surface area (Å²) in [5, 5.41) is 0. The lowest BCUT2D eigenvalue weighted by Crippen LogP contribution is -2.04. The molecule has 0 aliphatic heterocycles. The molecule has 1 aromatic heterocycles. The van der Waals surface area contributed by atoms with Crippen molar-refractivity contribution >= 4 is 0 Å². The molecule has 2 aromatic rings. The molecule has 0 aliphatic rings. The predicted octanol–water partition coefficient (Wildman–Crippen LogP) is 5.41. The maximum atomic E-state index is 5.67. The minimum absolute atomic E-state index is 0.183. The SMILES string of the molecule is C=C(C)Cc1c(C(C(=C)C)c2ccccc2)coc1C. The van der Waals surface area contributed by atoms with Gasteiger partial charge in [0.05, 0.1) is 6.26 Å². The van der Waals surface area contributed by atoms with Crippen molar-refractivity contribution < 1.29 is 4.42 Å². The molecule has 0 saturated heterocycles. The van der Waals surface area contributed by atoms with Gasteiger partial charge >= 0.3 is 0 Å². The van der Waals surface area contributed by atoms with Crippen LogP contribution in [0.3, 0.4) is 0 Å². The van der Waals surface area contributed by atoms with E-state index in [0.717, 1.165) is 23.3 Å². The number of aryl methyl sites for hydroxylation is 1. The van der Waals surface area contributed by atoms with Crippen molar-refractivity contribution in [3.63, 3.8) is 0 Å². The number of hydrogen-bond acceptors (Lipinski definition) is 1. The number of furan rings is 1. The molecule has 20 heavy (non-hydrogen) atoms. The number of benzene rings is 1. The fraction of sp³-hybridized carbons (Fsp3) is 0.263. The van der Waals surface area contributed by atoms with Crippen LogP contribution in [0.15, 0.2) is 65.3 Å². The van der Waals surface area contributed by atoms with Crippen LogP contribution in [0.4, 0.5) is 0 Å². The highest BCUT2D eigenvalue weighted by atomic mass is 16.3. The van der Waals surface area contributed by atoms with E-state index < -0.39 is 0 Å². The molecule has 0 spiro atoms. The molecular weight excluding hydrogens is 244 g/mol. The van der Waals surface area contributed by atoms with Crippen molar-refractivity contribution in [2.24, 2.45) is 0 Å². The highest BCUT2D eigenvalue weighted by molar-refractivity contribution is 5.44. The Labute approximate surface area is 121 Å². The molecule has 0 radical (unpaired) electrons. The number of rotatable bonds is 5. The molecule has 1 heteroatoms. The standard InChI is InChI=1S/C19H22O/c1-13(2)11-17-15(5)20-12-18(17)19(14(3)4)16-9-7-6-8-10-16/h6-10,12,19H,1,3,11H2,2,4-5H3. The molecule has 1 atom stereocenters. The molecule has 1 aromatic carbocycles. The highest BCUT2D eigenvalue weighted by Gasteiger charge is 2.22. The zero-order valence-electron chi connectivity index (χ0n) is 12.6. The summed E-state index contributed by atoms with van der Waals surface area (Å²) in [5.74, 6) is 1.16. The summed E-state index contributed by atoms with van der Waals surface area (Å²) >= 11 is 0. The normalized spacial score (nSPS) is 12.2. The van der Waals surface area contributed by atoms with Gasteiger partial charge in [0.2, 0.25) is 0 Å². The largest absolute Gasteiger partial charge is 0.469 e. The smallest absolute Gasteiger partial charge is 0.104 e. The molecule has 0 bridgehead atoms. The molecule has 0 fully saturated rings. The van der Waals surface area contributed by atoms with E-state index >= 15 is 0 Å². The van der Waals surface area contributed by atoms with Gasteiger partial charge in [-0.2, -0.15) is 0 Å². The zero-order valence-corrected chi connectivity index (χ0v) is 12.6. The van der Waals surface area contributed by atoms with Gasteiger partial charge in [0.15, 0.2) is 0 Å². The van der Waals surface area contributed by atoms with E-state index in [1.54, 1.807) is 0 Å². The fourth-order valence-corrected chi connectivity index (χ4v) is 2.64. The van der Waals surface area contributed by atoms with Crippen LogP contribution in [0.25, 0.3) is 0 Å². The van der Waals surface area contributed by atoms with Gasteiger partial charge in [-0.15, -0.1) is 0 Å². The molecular formula is C19H22O. The van der Waals surface area contributed by atoms with Gasteiger partial charge in [0.1, 0.15) is 5.76 Å². The highest BCUT2D eigenvalue weighted by Crippen LogP contribution is 2.35. The van der Waals surface area contributed by atoms with E-state index in [2.05, 4.69) is 51.3 Å². The van der Waals surface area contributed by atoms with E-state index in [4.69, 9.17) is 4.42 Å². The summed E-state index contributed by atoms with van der Waals surface area (Å²) in [6.07, 6.45) is 2.73. The van der Waals surface area contributed by atoms with Crippen LogP contribution < -0.4 is 0 Å². The second kappa shape index (κ2) is 5.96. The maximum Gasteiger partial charge on any atom is 0.104 e. The van der Waals surface area contributed by atoms with Crippen LogP contribution >= 0.6 is 0 Å². The van der Waals surface area contributed by atoms with E-state index in [-0.39, 0.29) is 5.92 Å². The molecule has 1 heterocycles. The lowest BCUT2D eigenvalue weighted by molar-refractivity contribution is 0.528. The van der Waals surface area contributed by atoms with Gasteiger partial charge in [-0.3, -0.25) is 0 Å². The average molecular weight is 266 g/mol. The molecule has 0 saturated carbocycles. The van der Waals surface area contributed by atoms with Crippen LogP contribution in [0.1, 0.15) is 42.2 Å². The Morgan fingerprint density at radius 1 is 1.15 bits per heavy atom. The van der Waals surface area contributed by atoms with E-state index in [0.29, 0.717) is 0 Å². The quantitative estimate of drug-likeness (QED) is 0.659. The third-order valence-electron chi connectivity index (χ3n) is 3.55. The van der Waals surface area contributed by atoms with E-state index in [1.165, 1.54) is 16.7 Å². The number of allylic oxidation sites excluding steroid dienone is 2. The summed E-state index contributed by atoms with van der Waals surface area (Å²) in [7, 11) is 0. The second-order valence-corrected chi connectivity index (χ2v) is 5.55. The van der Waals surface area contributed by atoms with Crippen LogP contribution in [-0.2, 0) is 6.42 Å². The Morgan fingerprint density at radius 2 is 1.80 bits per heavy atom. The van der Waals surface area contributed by atoms with E-state index in [9.17, 15) is 0 Å². The first-order valence-corrected chi connectivity index (χ1v) is 6.92. The summed E-state index contributed by atoms with van der Waals surface area (Å²) < 4.78 is 5.67. The molecule has 104 valence electrons. The Bertz CT molecular complexity index is 616. The monoisotopic (exact) mass is 266 g/mol. The third-order valence-corrected chi connectivity index (χ3v) is 3.55. The van der Waals surface area contributed by atoms with Crippen molar-refractivity contribution in [2.75, 3.05) is 0 Å². The molecule has 0 aliphatic carbocycles. The summed E-state index contributed by atoms with van der Waals surface area (Å²) in [5.41, 5.74) is 5.98. The Balaban J connectivity index is 2.51. The predicted molar refractivity (Wildman–Crippen MR) is 85.1 cm³/mol. The molecule has 0 amide bonds. The summed E-state index contributed by atoms with van der Waals surface area (Å²) in [6, 6.07) is 10.5. The van der Waals surface area contributed by atoms with Crippen LogP contribution in [0.2, 0.25) is 0 Å². The van der Waals surface area contributed by atoms with Crippen molar-refractivity contribution in [1.29, 1.82) is 0 Å². The van der Waals surface area contributed by atoms with Crippen molar-refractivity contribution in [1.82, 2.24) is 0 Å². The fourth-order valence-electron chi connectivity index (χ4n) is 2.64. The Kier molecular flexibility index (Phi) is 4.29. The minimum atomic E-state index is 0.183. The van der Waals surface area contributed by atoms with Gasteiger partial charge in [-0.25, -0.2) is 0 Å². The summed E-state index contributed by atoms with van der Waals surface area (Å²) in [6.45, 7) is 14.3. The molecule has 2 rings (SSSR count). The van der Waals surface area contributed by atoms with Crippen molar-refractivity contribution in [3.8, 4) is 0 Å². The first-order valence-electron chi connectivity index (χ1n) is 6.92. The lowest BCUT2D eigenvalue weighted by atomic mass is 9.84. The molecule has 1 unspecified atom stereocenters. The van der Waals surface area contributed by atoms with Crippen LogP contribution in [0.5, 0.6) is 0 Å². The van der Waals surface area contributed by atoms with Gasteiger partial charge in [-0.05, 0) is 32.8 Å². The first-order chi connectivity index (χ1) is 9.50. The van der Waals surface area contributed by atoms with Gasteiger partial charge in [0, 0.05) is 17.0 Å². The van der Waals surface area contributed by atoms with Crippen molar-refractivity contribution in [3.05, 3.63) is 83.3 Å². The minimum Gasteiger partial charge on any atom is -0.469 e. The summed E-state index contributed by atoms with van der Waals surface area (Å²) in [4.78, 5) is 0. The third kappa shape index (κ3) is 2.93. The topological polar surface area (TPSA) is 13.1 Å². The maximum absolute atomic E-state index is 5.67. The van der Waals surface area contributed by atoms with Gasteiger partial charge < -0.3 is 4.42 Å². The van der Waals surface area contributed by atoms with Gasteiger partial charge in [-0.1, -0.05) is 54.6 Å². The average Bonchev–Trinajstić information content (AvgIpc) is 2.72. The Morgan fingerprint density at radius 3 is 2.35 bits per heavy atom. The first kappa shape index (κ1) is 14.4. The van der Waals surface area contributed by atoms with E-state index in [1.807, 2.05) is 19.3 Å². The van der Waals surface area contributed by atoms with Crippen LogP contribution in [0, 0.1) is 6.92 Å². The lowest BCUT2D eigenvalue weighted by Gasteiger charge is -2.18. The van der Waals surface area contributed by atoms with Gasteiger partial charge in [0.25, 0.3) is 0 Å². The van der Waals surface area contributed by atoms with Crippen molar-refractivity contribution in [2.45, 2.75) is 33.1 Å². The van der Waals surface area contributed by atoms with Crippen LogP contribution in [-0.4, -0.2) is 0 Å². The zero-order chi connectivity index (χ0) is 14.7. The second-order valence-electron chi connectivity index (χ2n) is 5.55. The Hall–Kier alpha value is -2.02. The molecule has 1 nitrogen and oxygen atoms in total. The number of hydrogen-bond donors (Lipinski definition) is 0. The molecule has 0 N–H and O–H groups in total.